The van der Waals surface area contributed by atoms with Crippen molar-refractivity contribution in [3.05, 3.63) is 41.7 Å². The van der Waals surface area contributed by atoms with Gasteiger partial charge in [0.05, 0.1) is 0 Å². The number of nitrogens with one attached hydrogen (secondary N) is 4. The lowest BCUT2D eigenvalue weighted by atomic mass is 9.90. The minimum atomic E-state index is -0.429. The average molecular weight is 302 g/mol. The quantitative estimate of drug-likeness (QED) is 0.497. The van der Waals surface area contributed by atoms with E-state index in [-0.39, 0.29) is 5.41 Å². The molecular formula is C16H22N4O2. The summed E-state index contributed by atoms with van der Waals surface area (Å²) in [6.45, 7) is 5.77. The van der Waals surface area contributed by atoms with Gasteiger partial charge in [0.15, 0.2) is 0 Å². The largest absolute Gasteiger partial charge is 0.375 e. The predicted octanol–water partition coefficient (Wildman–Crippen LogP) is 2.75. The summed E-state index contributed by atoms with van der Waals surface area (Å²) in [5.41, 5.74) is 1.21. The molecule has 0 saturated heterocycles. The standard InChI is InChI=1S/C16H22N4O2/c1-16(2,3)13(17)9-14(18-4)20-15(22)19-12-7-5-11(10-21)6-8-12/h5-10,17-18H,1-4H3,(H2,19,20,22)/b14-9+,17-13?. The zero-order valence-corrected chi connectivity index (χ0v) is 13.3. The van der Waals surface area contributed by atoms with Crippen molar-refractivity contribution in [2.24, 2.45) is 5.41 Å². The van der Waals surface area contributed by atoms with Crippen molar-refractivity contribution in [1.82, 2.24) is 10.6 Å². The molecule has 1 rings (SSSR count). The Morgan fingerprint density at radius 2 is 1.77 bits per heavy atom. The lowest BCUT2D eigenvalue weighted by molar-refractivity contribution is 0.112. The number of urea groups is 1. The fourth-order valence-electron chi connectivity index (χ4n) is 1.46. The van der Waals surface area contributed by atoms with Crippen LogP contribution >= 0.6 is 0 Å². The molecule has 118 valence electrons. The number of rotatable bonds is 5. The second-order valence-electron chi connectivity index (χ2n) is 5.79. The number of carbonyl (C=O) groups excluding carboxylic acids is 2. The second-order valence-corrected chi connectivity index (χ2v) is 5.79. The molecule has 1 aromatic rings. The molecule has 0 aliphatic rings. The van der Waals surface area contributed by atoms with Crippen molar-refractivity contribution in [3.8, 4) is 0 Å². The molecule has 0 bridgehead atoms. The van der Waals surface area contributed by atoms with Crippen molar-refractivity contribution >= 4 is 23.7 Å². The topological polar surface area (TPSA) is 94.1 Å². The van der Waals surface area contributed by atoms with Gasteiger partial charge in [-0.2, -0.15) is 0 Å². The summed E-state index contributed by atoms with van der Waals surface area (Å²) in [6.07, 6.45) is 2.32. The van der Waals surface area contributed by atoms with Gasteiger partial charge in [-0.15, -0.1) is 0 Å². The van der Waals surface area contributed by atoms with Crippen LogP contribution in [0.15, 0.2) is 36.2 Å². The van der Waals surface area contributed by atoms with Gasteiger partial charge in [-0.25, -0.2) is 4.79 Å². The minimum absolute atomic E-state index is 0.301. The Morgan fingerprint density at radius 1 is 1.18 bits per heavy atom. The van der Waals surface area contributed by atoms with Crippen LogP contribution in [0, 0.1) is 10.8 Å². The van der Waals surface area contributed by atoms with E-state index in [4.69, 9.17) is 5.41 Å². The van der Waals surface area contributed by atoms with E-state index >= 15 is 0 Å². The molecule has 0 aliphatic carbocycles. The summed E-state index contributed by atoms with van der Waals surface area (Å²) in [7, 11) is 1.67. The molecule has 2 amide bonds. The van der Waals surface area contributed by atoms with Gasteiger partial charge >= 0.3 is 6.03 Å². The molecule has 6 heteroatoms. The fourth-order valence-corrected chi connectivity index (χ4v) is 1.46. The Labute approximate surface area is 130 Å². The molecule has 0 radical (unpaired) electrons. The number of anilines is 1. The molecule has 1 aromatic carbocycles. The van der Waals surface area contributed by atoms with Crippen molar-refractivity contribution in [3.63, 3.8) is 0 Å². The molecule has 0 fully saturated rings. The third-order valence-corrected chi connectivity index (χ3v) is 2.92. The highest BCUT2D eigenvalue weighted by molar-refractivity contribution is 5.98. The number of carbonyl (C=O) groups is 2. The summed E-state index contributed by atoms with van der Waals surface area (Å²) >= 11 is 0. The second kappa shape index (κ2) is 7.40. The van der Waals surface area contributed by atoms with Gasteiger partial charge in [-0.3, -0.25) is 10.1 Å². The normalized spacial score (nSPS) is 11.5. The number of hydrogen-bond donors (Lipinski definition) is 4. The van der Waals surface area contributed by atoms with Gasteiger partial charge in [0.2, 0.25) is 0 Å². The summed E-state index contributed by atoms with van der Waals surface area (Å²) in [6, 6.07) is 6.09. The molecule has 22 heavy (non-hydrogen) atoms. The lowest BCUT2D eigenvalue weighted by Gasteiger charge is -2.18. The third-order valence-electron chi connectivity index (χ3n) is 2.92. The van der Waals surface area contributed by atoms with Crippen LogP contribution < -0.4 is 16.0 Å². The third kappa shape index (κ3) is 5.40. The number of allylic oxidation sites excluding steroid dienone is 1. The predicted molar refractivity (Wildman–Crippen MR) is 88.3 cm³/mol. The molecule has 0 unspecified atom stereocenters. The summed E-state index contributed by atoms with van der Waals surface area (Å²) in [4.78, 5) is 22.5. The van der Waals surface area contributed by atoms with E-state index in [1.807, 2.05) is 20.8 Å². The smallest absolute Gasteiger partial charge is 0.324 e. The van der Waals surface area contributed by atoms with E-state index in [1.165, 1.54) is 0 Å². The van der Waals surface area contributed by atoms with E-state index in [9.17, 15) is 9.59 Å². The van der Waals surface area contributed by atoms with Crippen LogP contribution in [0.25, 0.3) is 0 Å². The molecule has 0 atom stereocenters. The summed E-state index contributed by atoms with van der Waals surface area (Å²) < 4.78 is 0. The van der Waals surface area contributed by atoms with Gasteiger partial charge < -0.3 is 16.0 Å². The van der Waals surface area contributed by atoms with E-state index in [1.54, 1.807) is 37.4 Å². The molecule has 6 nitrogen and oxygen atoms in total. The van der Waals surface area contributed by atoms with Crippen LogP contribution in [-0.2, 0) is 0 Å². The molecular weight excluding hydrogens is 280 g/mol. The first kappa shape index (κ1) is 17.4. The molecule has 0 heterocycles. The van der Waals surface area contributed by atoms with E-state index in [2.05, 4.69) is 16.0 Å². The maximum absolute atomic E-state index is 11.9. The van der Waals surface area contributed by atoms with Crippen molar-refractivity contribution in [2.45, 2.75) is 20.8 Å². The van der Waals surface area contributed by atoms with Gasteiger partial charge in [0.25, 0.3) is 0 Å². The maximum Gasteiger partial charge on any atom is 0.324 e. The van der Waals surface area contributed by atoms with E-state index < -0.39 is 6.03 Å². The van der Waals surface area contributed by atoms with Crippen molar-refractivity contribution in [1.29, 1.82) is 5.41 Å². The number of benzene rings is 1. The Balaban J connectivity index is 2.70. The fraction of sp³-hybridized carbons (Fsp3) is 0.312. The lowest BCUT2D eigenvalue weighted by Crippen LogP contribution is -2.34. The molecule has 4 N–H and O–H groups in total. The van der Waals surface area contributed by atoms with Gasteiger partial charge in [0.1, 0.15) is 12.1 Å². The van der Waals surface area contributed by atoms with Crippen LogP contribution in [0.5, 0.6) is 0 Å². The van der Waals surface area contributed by atoms with Crippen molar-refractivity contribution in [2.75, 3.05) is 12.4 Å². The summed E-state index contributed by atoms with van der Waals surface area (Å²) in [5.74, 6) is 0.432. The zero-order valence-electron chi connectivity index (χ0n) is 13.3. The van der Waals surface area contributed by atoms with Gasteiger partial charge in [0, 0.05) is 29.4 Å². The number of aldehydes is 1. The zero-order chi connectivity index (χ0) is 16.8. The Hall–Kier alpha value is -2.63. The first-order chi connectivity index (χ1) is 10.3. The van der Waals surface area contributed by atoms with Crippen LogP contribution in [0.3, 0.4) is 0 Å². The van der Waals surface area contributed by atoms with E-state index in [0.717, 1.165) is 6.29 Å². The molecule has 0 spiro atoms. The van der Waals surface area contributed by atoms with E-state index in [0.29, 0.717) is 22.8 Å². The molecule has 0 aliphatic heterocycles. The number of hydrogen-bond acceptors (Lipinski definition) is 4. The van der Waals surface area contributed by atoms with Crippen LogP contribution in [0.1, 0.15) is 31.1 Å². The molecule has 0 saturated carbocycles. The summed E-state index contributed by atoms with van der Waals surface area (Å²) in [5, 5.41) is 16.1. The number of amides is 2. The maximum atomic E-state index is 11.9. The van der Waals surface area contributed by atoms with Crippen molar-refractivity contribution < 1.29 is 9.59 Å². The minimum Gasteiger partial charge on any atom is -0.375 e. The van der Waals surface area contributed by atoms with Gasteiger partial charge in [-0.05, 0) is 30.3 Å². The average Bonchev–Trinajstić information content (AvgIpc) is 2.46. The monoisotopic (exact) mass is 302 g/mol. The first-order valence-electron chi connectivity index (χ1n) is 6.88. The molecule has 0 aromatic heterocycles. The Bertz CT molecular complexity index is 583. The highest BCUT2D eigenvalue weighted by Crippen LogP contribution is 2.16. The van der Waals surface area contributed by atoms with Crippen LogP contribution in [0.2, 0.25) is 0 Å². The SMILES string of the molecule is CN/C(=C\C(=N)C(C)(C)C)NC(=O)Nc1ccc(C=O)cc1. The highest BCUT2D eigenvalue weighted by atomic mass is 16.2. The van der Waals surface area contributed by atoms with Gasteiger partial charge in [-0.1, -0.05) is 20.8 Å². The first-order valence-corrected chi connectivity index (χ1v) is 6.88. The van der Waals surface area contributed by atoms with Crippen LogP contribution in [0.4, 0.5) is 10.5 Å². The highest BCUT2D eigenvalue weighted by Gasteiger charge is 2.16. The Kier molecular flexibility index (Phi) is 5.86. The Morgan fingerprint density at radius 3 is 2.23 bits per heavy atom. The van der Waals surface area contributed by atoms with Crippen LogP contribution in [-0.4, -0.2) is 25.1 Å².